The quantitative estimate of drug-likeness (QED) is 0.189. The molecule has 3 aromatic carbocycles. The maximum absolute atomic E-state index is 15.4. The standard InChI is InChI=1S/C31H32FN5O3S/c1-3-40-22-8-10-26(32)24(17-22)29(36-20-6-9-23-19(15-20)12-13-34-30(23)33)31(39)37-14-4-5-27(37)25-16-21(35-18(2)38)7-11-28(25)41/h6-13,15-17,27,29,36,41H,3-5,14H2,1-2H3,(H2,33,34)(H,35,38). The molecule has 2 amide bonds. The van der Waals surface area contributed by atoms with Crippen molar-refractivity contribution in [2.24, 2.45) is 0 Å². The zero-order chi connectivity index (χ0) is 29.1. The summed E-state index contributed by atoms with van der Waals surface area (Å²) < 4.78 is 21.1. The largest absolute Gasteiger partial charge is 0.494 e. The lowest BCUT2D eigenvalue weighted by molar-refractivity contribution is -0.133. The highest BCUT2D eigenvalue weighted by Crippen LogP contribution is 2.39. The Hall–Kier alpha value is -4.31. The van der Waals surface area contributed by atoms with Crippen molar-refractivity contribution in [1.29, 1.82) is 0 Å². The van der Waals surface area contributed by atoms with E-state index in [1.54, 1.807) is 41.4 Å². The summed E-state index contributed by atoms with van der Waals surface area (Å²) in [6.45, 7) is 4.18. The topological polar surface area (TPSA) is 110 Å². The van der Waals surface area contributed by atoms with E-state index in [9.17, 15) is 9.59 Å². The highest BCUT2D eigenvalue weighted by molar-refractivity contribution is 7.80. The van der Waals surface area contributed by atoms with Crippen LogP contribution in [-0.2, 0) is 9.59 Å². The predicted molar refractivity (Wildman–Crippen MR) is 162 cm³/mol. The van der Waals surface area contributed by atoms with Crippen LogP contribution in [0.2, 0.25) is 0 Å². The molecule has 10 heteroatoms. The van der Waals surface area contributed by atoms with Crippen LogP contribution in [0.4, 0.5) is 21.6 Å². The zero-order valence-corrected chi connectivity index (χ0v) is 23.8. The molecule has 1 aliphatic rings. The summed E-state index contributed by atoms with van der Waals surface area (Å²) in [5.74, 6) is -0.122. The Balaban J connectivity index is 1.54. The number of ether oxygens (including phenoxy) is 1. The second kappa shape index (κ2) is 12.1. The number of benzene rings is 3. The summed E-state index contributed by atoms with van der Waals surface area (Å²) in [5, 5.41) is 7.72. The van der Waals surface area contributed by atoms with Crippen LogP contribution in [0.3, 0.4) is 0 Å². The van der Waals surface area contributed by atoms with Crippen molar-refractivity contribution in [2.45, 2.75) is 43.7 Å². The number of nitrogens with zero attached hydrogens (tertiary/aromatic N) is 2. The number of aromatic nitrogens is 1. The number of pyridine rings is 1. The van der Waals surface area contributed by atoms with Crippen LogP contribution >= 0.6 is 12.6 Å². The average molecular weight is 574 g/mol. The monoisotopic (exact) mass is 573 g/mol. The summed E-state index contributed by atoms with van der Waals surface area (Å²) in [6, 6.07) is 15.8. The third-order valence-corrected chi connectivity index (χ3v) is 7.59. The second-order valence-electron chi connectivity index (χ2n) is 9.97. The molecule has 0 bridgehead atoms. The number of hydrogen-bond acceptors (Lipinski definition) is 7. The van der Waals surface area contributed by atoms with Crippen LogP contribution < -0.4 is 21.1 Å². The van der Waals surface area contributed by atoms with E-state index in [-0.39, 0.29) is 23.4 Å². The van der Waals surface area contributed by atoms with E-state index >= 15 is 4.39 Å². The maximum Gasteiger partial charge on any atom is 0.250 e. The summed E-state index contributed by atoms with van der Waals surface area (Å²) >= 11 is 4.66. The second-order valence-corrected chi connectivity index (χ2v) is 10.5. The number of carbonyl (C=O) groups is 2. The molecule has 8 nitrogen and oxygen atoms in total. The fraction of sp³-hybridized carbons (Fsp3) is 0.258. The summed E-state index contributed by atoms with van der Waals surface area (Å²) in [7, 11) is 0. The van der Waals surface area contributed by atoms with Gasteiger partial charge in [-0.1, -0.05) is 0 Å². The molecular formula is C31H32FN5O3S. The number of carbonyl (C=O) groups excluding carboxylic acids is 2. The minimum atomic E-state index is -1.05. The lowest BCUT2D eigenvalue weighted by Crippen LogP contribution is -2.38. The number of hydrogen-bond donors (Lipinski definition) is 4. The number of nitrogens with two attached hydrogens (primary N) is 1. The van der Waals surface area contributed by atoms with Gasteiger partial charge in [0.2, 0.25) is 11.8 Å². The van der Waals surface area contributed by atoms with Crippen molar-refractivity contribution in [1.82, 2.24) is 9.88 Å². The Bertz CT molecular complexity index is 1610. The molecule has 2 atom stereocenters. The van der Waals surface area contributed by atoms with Gasteiger partial charge in [-0.05, 0) is 91.4 Å². The first-order chi connectivity index (χ1) is 19.7. The molecule has 212 valence electrons. The van der Waals surface area contributed by atoms with Crippen LogP contribution in [-0.4, -0.2) is 34.8 Å². The van der Waals surface area contributed by atoms with Gasteiger partial charge >= 0.3 is 0 Å². The third kappa shape index (κ3) is 6.07. The number of anilines is 3. The molecule has 2 unspecified atom stereocenters. The summed E-state index contributed by atoms with van der Waals surface area (Å²) in [5.41, 5.74) is 8.28. The van der Waals surface area contributed by atoms with Crippen LogP contribution in [0.25, 0.3) is 10.8 Å². The molecule has 0 radical (unpaired) electrons. The van der Waals surface area contributed by atoms with Crippen molar-refractivity contribution in [3.8, 4) is 5.75 Å². The van der Waals surface area contributed by atoms with Gasteiger partial charge in [-0.2, -0.15) is 0 Å². The molecule has 1 saturated heterocycles. The van der Waals surface area contributed by atoms with Crippen LogP contribution in [0, 0.1) is 5.82 Å². The first-order valence-corrected chi connectivity index (χ1v) is 13.9. The van der Waals surface area contributed by atoms with Crippen LogP contribution in [0.15, 0.2) is 71.8 Å². The molecule has 5 rings (SSSR count). The van der Waals surface area contributed by atoms with E-state index < -0.39 is 11.9 Å². The van der Waals surface area contributed by atoms with Gasteiger partial charge < -0.3 is 26.0 Å². The molecular weight excluding hydrogens is 541 g/mol. The van der Waals surface area contributed by atoms with Gasteiger partial charge in [0.15, 0.2) is 0 Å². The molecule has 0 saturated carbocycles. The Morgan fingerprint density at radius 2 is 1.95 bits per heavy atom. The molecule has 4 aromatic rings. The molecule has 1 aliphatic heterocycles. The fourth-order valence-electron chi connectivity index (χ4n) is 5.35. The van der Waals surface area contributed by atoms with Gasteiger partial charge in [0.1, 0.15) is 23.4 Å². The number of thiol groups is 1. The number of rotatable bonds is 8. The SMILES string of the molecule is CCOc1ccc(F)c(C(Nc2ccc3c(N)nccc3c2)C(=O)N2CCCC2c2cc(NC(C)=O)ccc2S)c1. The lowest BCUT2D eigenvalue weighted by Gasteiger charge is -2.31. The molecule has 1 aromatic heterocycles. The molecule has 0 spiro atoms. The third-order valence-electron chi connectivity index (χ3n) is 7.19. The van der Waals surface area contributed by atoms with Gasteiger partial charge in [-0.15, -0.1) is 12.6 Å². The lowest BCUT2D eigenvalue weighted by atomic mass is 10.00. The normalized spacial score (nSPS) is 15.5. The average Bonchev–Trinajstić information content (AvgIpc) is 3.43. The smallest absolute Gasteiger partial charge is 0.250 e. The van der Waals surface area contributed by atoms with Crippen molar-refractivity contribution >= 4 is 52.4 Å². The predicted octanol–water partition coefficient (Wildman–Crippen LogP) is 6.12. The minimum Gasteiger partial charge on any atom is -0.494 e. The van der Waals surface area contributed by atoms with Gasteiger partial charge in [0.05, 0.1) is 12.6 Å². The van der Waals surface area contributed by atoms with E-state index in [1.807, 2.05) is 31.2 Å². The number of amides is 2. The maximum atomic E-state index is 15.4. The van der Waals surface area contributed by atoms with Crippen molar-refractivity contribution in [3.05, 3.63) is 83.8 Å². The fourth-order valence-corrected chi connectivity index (χ4v) is 5.64. The number of nitrogens with one attached hydrogen (secondary N) is 2. The van der Waals surface area contributed by atoms with Crippen molar-refractivity contribution < 1.29 is 18.7 Å². The Kier molecular flexibility index (Phi) is 8.30. The van der Waals surface area contributed by atoms with Crippen LogP contribution in [0.1, 0.15) is 49.9 Å². The highest BCUT2D eigenvalue weighted by atomic mass is 32.1. The van der Waals surface area contributed by atoms with E-state index in [4.69, 9.17) is 10.5 Å². The first kappa shape index (κ1) is 28.2. The number of fused-ring (bicyclic) bond motifs is 1. The van der Waals surface area contributed by atoms with Crippen molar-refractivity contribution in [2.75, 3.05) is 29.5 Å². The number of nitrogen functional groups attached to an aromatic ring is 1. The van der Waals surface area contributed by atoms with E-state index in [0.717, 1.165) is 22.8 Å². The number of halogens is 1. The Morgan fingerprint density at radius 3 is 2.73 bits per heavy atom. The molecule has 0 aliphatic carbocycles. The summed E-state index contributed by atoms with van der Waals surface area (Å²) in [4.78, 5) is 32.7. The number of likely N-dealkylation sites (tertiary alicyclic amines) is 1. The van der Waals surface area contributed by atoms with Gasteiger partial charge in [-0.3, -0.25) is 9.59 Å². The minimum absolute atomic E-state index is 0.180. The highest BCUT2D eigenvalue weighted by Gasteiger charge is 2.37. The van der Waals surface area contributed by atoms with Crippen molar-refractivity contribution in [3.63, 3.8) is 0 Å². The van der Waals surface area contributed by atoms with E-state index in [1.165, 1.54) is 13.0 Å². The van der Waals surface area contributed by atoms with E-state index in [0.29, 0.717) is 47.4 Å². The van der Waals surface area contributed by atoms with Gasteiger partial charge in [-0.25, -0.2) is 9.37 Å². The van der Waals surface area contributed by atoms with Gasteiger partial charge in [0, 0.05) is 46.9 Å². The van der Waals surface area contributed by atoms with E-state index in [2.05, 4.69) is 28.2 Å². The molecule has 41 heavy (non-hydrogen) atoms. The van der Waals surface area contributed by atoms with Gasteiger partial charge in [0.25, 0.3) is 0 Å². The molecule has 1 fully saturated rings. The Labute approximate surface area is 243 Å². The first-order valence-electron chi connectivity index (χ1n) is 13.5. The molecule has 4 N–H and O–H groups in total. The van der Waals surface area contributed by atoms with Crippen LogP contribution in [0.5, 0.6) is 5.75 Å². The zero-order valence-electron chi connectivity index (χ0n) is 22.9. The summed E-state index contributed by atoms with van der Waals surface area (Å²) in [6.07, 6.45) is 3.10. The molecule has 2 heterocycles. The Morgan fingerprint density at radius 1 is 1.15 bits per heavy atom.